The Bertz CT molecular complexity index is 5350. The third kappa shape index (κ3) is 15.7. The maximum absolute atomic E-state index is 13.9. The number of hydrogen-bond acceptors (Lipinski definition) is 14. The van der Waals surface area contributed by atoms with E-state index in [0.717, 1.165) is 188 Å². The Balaban J connectivity index is 0.000000167. The van der Waals surface area contributed by atoms with Gasteiger partial charge in [-0.1, -0.05) is 128 Å². The number of amides is 4. The number of aliphatic imine (C=N–C) groups is 2. The summed E-state index contributed by atoms with van der Waals surface area (Å²) in [7, 11) is 0. The lowest BCUT2D eigenvalue weighted by Gasteiger charge is -2.30. The van der Waals surface area contributed by atoms with Gasteiger partial charge in [-0.15, -0.1) is 0 Å². The minimum Gasteiger partial charge on any atom is -0.350 e. The number of fused-ring (bicyclic) bond motifs is 4. The second-order valence-corrected chi connectivity index (χ2v) is 33.0. The highest BCUT2D eigenvalue weighted by Gasteiger charge is 2.42. The van der Waals surface area contributed by atoms with Gasteiger partial charge >= 0.3 is 0 Å². The number of hydrogen-bond donors (Lipinski definition) is 10. The zero-order valence-corrected chi connectivity index (χ0v) is 67.0. The number of likely N-dealkylation sites (tertiary alicyclic amines) is 4. The fraction of sp³-hybridized carbons (Fsp3) is 0.378. The van der Waals surface area contributed by atoms with Gasteiger partial charge in [-0.3, -0.25) is 29.2 Å². The van der Waals surface area contributed by atoms with Crippen molar-refractivity contribution in [2.45, 2.75) is 168 Å². The maximum Gasteiger partial charge on any atom is 0.248 e. The number of nitrogens with zero attached hydrogens (tertiary/aromatic N) is 12. The number of aromatic nitrogens is 12. The average Bonchev–Trinajstić information content (AvgIpc) is 1.62. The molecule has 6 aliphatic heterocycles. The standard InChI is InChI=1S/2C45H51N11O2/c2*1-26(2)39(53-38-10-5-17-46-38)43(57)56-21-7-9-37(56)42-50-33-16-15-31(24-34(33)51-42)29-11-12-30-23-32(14-13-28(30)22-29)35-25-49-41(52-35)36-8-6-20-55(36)44(58)40(27(3)4)54-45-47-18-19-48-45/h2*5,11-19,22-27,36-37,39-40H,6-10,20-21H2,1-4H3,(H,46,53)(H,49,52)(H,50,51)(H2,47,48,54)/t2*36-,37-,39-,40-/m00/s1. The lowest BCUT2D eigenvalue weighted by atomic mass is 9.99. The average molecular weight is 1560 g/mol. The zero-order chi connectivity index (χ0) is 79.8. The fourth-order valence-electron chi connectivity index (χ4n) is 17.5. The van der Waals surface area contributed by atoms with E-state index in [1.54, 1.807) is 24.8 Å². The first-order chi connectivity index (χ1) is 56.4. The van der Waals surface area contributed by atoms with Crippen LogP contribution in [0.4, 0.5) is 11.9 Å². The van der Waals surface area contributed by atoms with Crippen LogP contribution in [-0.2, 0) is 19.2 Å². The highest BCUT2D eigenvalue weighted by atomic mass is 16.2. The Morgan fingerprint density at radius 3 is 1.11 bits per heavy atom. The van der Waals surface area contributed by atoms with E-state index in [1.165, 1.54) is 0 Å². The summed E-state index contributed by atoms with van der Waals surface area (Å²) < 4.78 is 0. The monoisotopic (exact) mass is 1550 g/mol. The fourth-order valence-corrected chi connectivity index (χ4v) is 17.5. The van der Waals surface area contributed by atoms with Gasteiger partial charge in [-0.05, 0) is 180 Å². The molecule has 12 aromatic rings. The third-order valence-corrected chi connectivity index (χ3v) is 23.7. The molecule has 6 aliphatic rings. The molecule has 0 bridgehead atoms. The summed E-state index contributed by atoms with van der Waals surface area (Å²) in [6.07, 6.45) is 27.1. The zero-order valence-electron chi connectivity index (χ0n) is 67.0. The van der Waals surface area contributed by atoms with Crippen molar-refractivity contribution in [3.63, 3.8) is 0 Å². The van der Waals surface area contributed by atoms with Crippen molar-refractivity contribution in [2.24, 2.45) is 33.7 Å². The van der Waals surface area contributed by atoms with Crippen LogP contribution in [0.1, 0.15) is 167 Å². The molecule has 0 aliphatic carbocycles. The van der Waals surface area contributed by atoms with Crippen molar-refractivity contribution in [1.29, 1.82) is 0 Å². The quantitative estimate of drug-likeness (QED) is 0.0302. The molecule has 12 heterocycles. The second-order valence-electron chi connectivity index (χ2n) is 33.0. The third-order valence-electron chi connectivity index (χ3n) is 23.7. The molecule has 116 heavy (non-hydrogen) atoms. The van der Waals surface area contributed by atoms with Crippen molar-refractivity contribution < 1.29 is 19.2 Å². The Hall–Kier alpha value is -12.5. The Kier molecular flexibility index (Phi) is 21.5. The first-order valence-corrected chi connectivity index (χ1v) is 41.3. The smallest absolute Gasteiger partial charge is 0.248 e. The van der Waals surface area contributed by atoms with Gasteiger partial charge in [0.15, 0.2) is 0 Å². The molecular weight excluding hydrogens is 1450 g/mol. The molecule has 0 saturated carbocycles. The van der Waals surface area contributed by atoms with Gasteiger partial charge in [0.2, 0.25) is 35.5 Å². The van der Waals surface area contributed by atoms with Crippen molar-refractivity contribution in [1.82, 2.24) is 90.0 Å². The van der Waals surface area contributed by atoms with Crippen LogP contribution >= 0.6 is 0 Å². The number of nitrogens with one attached hydrogen (secondary N) is 10. The highest BCUT2D eigenvalue weighted by molar-refractivity contribution is 5.96. The lowest BCUT2D eigenvalue weighted by Crippen LogP contribution is -2.45. The summed E-state index contributed by atoms with van der Waals surface area (Å²) >= 11 is 0. The van der Waals surface area contributed by atoms with Crippen molar-refractivity contribution >= 4 is 90.8 Å². The van der Waals surface area contributed by atoms with Crippen molar-refractivity contribution in [3.05, 3.63) is 194 Å². The lowest BCUT2D eigenvalue weighted by molar-refractivity contribution is -0.135. The molecule has 596 valence electrons. The van der Waals surface area contributed by atoms with Gasteiger partial charge < -0.3 is 70.8 Å². The minimum absolute atomic E-state index is 0.0598. The normalized spacial score (nSPS) is 19.9. The number of imidazole rings is 6. The van der Waals surface area contributed by atoms with Gasteiger partial charge in [0.25, 0.3) is 0 Å². The summed E-state index contributed by atoms with van der Waals surface area (Å²) in [5.41, 5.74) is 12.0. The Morgan fingerprint density at radius 1 is 0.405 bits per heavy atom. The number of benzene rings is 6. The van der Waals surface area contributed by atoms with E-state index >= 15 is 0 Å². The molecule has 8 atom stereocenters. The number of rotatable bonds is 22. The first-order valence-electron chi connectivity index (χ1n) is 41.3. The Labute approximate surface area is 673 Å². The molecule has 0 radical (unpaired) electrons. The molecule has 26 heteroatoms. The van der Waals surface area contributed by atoms with Crippen LogP contribution in [0, 0.1) is 23.7 Å². The molecule has 26 nitrogen and oxygen atoms in total. The van der Waals surface area contributed by atoms with Crippen LogP contribution in [0.5, 0.6) is 0 Å². The Morgan fingerprint density at radius 2 is 0.759 bits per heavy atom. The van der Waals surface area contributed by atoms with E-state index in [4.69, 9.17) is 29.9 Å². The summed E-state index contributed by atoms with van der Waals surface area (Å²) in [6.45, 7) is 19.2. The molecule has 18 rings (SSSR count). The molecule has 6 aromatic heterocycles. The molecule has 4 fully saturated rings. The maximum atomic E-state index is 13.9. The molecule has 4 amide bonds. The minimum atomic E-state index is -0.431. The summed E-state index contributed by atoms with van der Waals surface area (Å²) in [5.74, 6) is 6.74. The van der Waals surface area contributed by atoms with Crippen LogP contribution in [0.15, 0.2) is 181 Å². The topological polar surface area (TPSA) is 326 Å². The molecular formula is C90H102N22O4. The van der Waals surface area contributed by atoms with Crippen LogP contribution < -0.4 is 21.3 Å². The summed E-state index contributed by atoms with van der Waals surface area (Å²) in [5, 5.41) is 17.5. The summed E-state index contributed by atoms with van der Waals surface area (Å²) in [6, 6.07) is 36.6. The van der Waals surface area contributed by atoms with Gasteiger partial charge in [0, 0.05) is 74.9 Å². The van der Waals surface area contributed by atoms with E-state index in [9.17, 15) is 19.2 Å². The predicted octanol–water partition coefficient (Wildman–Crippen LogP) is 15.8. The number of carbonyl (C=O) groups is 4. The van der Waals surface area contributed by atoms with Crippen LogP contribution in [0.3, 0.4) is 0 Å². The predicted molar refractivity (Wildman–Crippen MR) is 456 cm³/mol. The number of anilines is 2. The van der Waals surface area contributed by atoms with E-state index < -0.39 is 24.2 Å². The second kappa shape index (κ2) is 32.8. The van der Waals surface area contributed by atoms with Gasteiger partial charge in [0.1, 0.15) is 59.1 Å². The number of carbonyl (C=O) groups excluding carboxylic acids is 4. The van der Waals surface area contributed by atoms with E-state index in [1.807, 2.05) is 84.2 Å². The molecule has 0 spiro atoms. The van der Waals surface area contributed by atoms with Gasteiger partial charge in [-0.2, -0.15) is 0 Å². The van der Waals surface area contributed by atoms with Crippen molar-refractivity contribution in [2.75, 3.05) is 36.8 Å². The van der Waals surface area contributed by atoms with Crippen molar-refractivity contribution in [3.8, 4) is 44.8 Å². The molecule has 4 saturated heterocycles. The van der Waals surface area contributed by atoms with Gasteiger partial charge in [0.05, 0.1) is 70.0 Å². The molecule has 0 unspecified atom stereocenters. The number of aromatic amines is 6. The highest BCUT2D eigenvalue weighted by Crippen LogP contribution is 2.41. The van der Waals surface area contributed by atoms with Crippen LogP contribution in [-0.4, -0.2) is 165 Å². The first kappa shape index (κ1) is 76.2. The number of H-pyrrole nitrogens is 6. The molecule has 10 N–H and O–H groups in total. The van der Waals surface area contributed by atoms with Crippen LogP contribution in [0.2, 0.25) is 0 Å². The number of amidine groups is 2. The van der Waals surface area contributed by atoms with Gasteiger partial charge in [-0.25, -0.2) is 29.9 Å². The largest absolute Gasteiger partial charge is 0.350 e. The van der Waals surface area contributed by atoms with E-state index in [-0.39, 0.29) is 71.5 Å². The molecule has 6 aromatic carbocycles. The van der Waals surface area contributed by atoms with E-state index in [2.05, 4.69) is 198 Å². The SMILES string of the molecule is CC(C)[C@H](N=C1CC=CN1)C(=O)N1CCC[C@H]1c1nc2ccc(-c3ccc4cc(-c5cnc([C@@H]6CCCN6C(=O)[C@@H](Nc6ncc[nH]6)C(C)C)[nH]5)ccc4c3)cc2[nH]1.CC(C)[C@H](N=C1CC=CN1)C(=O)N1CCC[C@H]1c1nc2ccc(-c3ccc4cc(-c5cnc([C@@H]6CCCN6C(=O)[C@@H](Nc6ncc[nH]6)C(C)C)[nH]5)ccc4c3)cc2[nH]1. The summed E-state index contributed by atoms with van der Waals surface area (Å²) in [4.78, 5) is 122. The van der Waals surface area contributed by atoms with E-state index in [0.29, 0.717) is 38.1 Å². The van der Waals surface area contributed by atoms with Crippen LogP contribution in [0.25, 0.3) is 88.4 Å².